The first kappa shape index (κ1) is 29.3. The molecule has 206 valence electrons. The molecule has 9 nitrogen and oxygen atoms in total. The average Bonchev–Trinajstić information content (AvgIpc) is 3.35. The molecule has 1 aliphatic rings. The zero-order chi connectivity index (χ0) is 27.8. The van der Waals surface area contributed by atoms with Crippen molar-refractivity contribution < 1.29 is 27.6 Å². The Labute approximate surface area is 224 Å². The lowest BCUT2D eigenvalue weighted by molar-refractivity contribution is -0.154. The van der Waals surface area contributed by atoms with E-state index in [1.54, 1.807) is 26.1 Å². The Morgan fingerprint density at radius 2 is 1.74 bits per heavy atom. The van der Waals surface area contributed by atoms with Gasteiger partial charge in [-0.3, -0.25) is 14.6 Å². The zero-order valence-corrected chi connectivity index (χ0v) is 23.1. The van der Waals surface area contributed by atoms with Gasteiger partial charge in [0, 0.05) is 30.0 Å². The van der Waals surface area contributed by atoms with Crippen molar-refractivity contribution in [2.75, 3.05) is 12.0 Å². The lowest BCUT2D eigenvalue weighted by Crippen LogP contribution is -2.50. The molecule has 1 atom stereocenters. The maximum Gasteiger partial charge on any atom is 0.354 e. The minimum absolute atomic E-state index is 0.0865. The van der Waals surface area contributed by atoms with E-state index in [-0.39, 0.29) is 18.1 Å². The smallest absolute Gasteiger partial charge is 0.342 e. The van der Waals surface area contributed by atoms with Crippen LogP contribution in [-0.2, 0) is 30.7 Å². The molecule has 2 amide bonds. The lowest BCUT2D eigenvalue weighted by Gasteiger charge is -2.30. The quantitative estimate of drug-likeness (QED) is 0.328. The first-order chi connectivity index (χ1) is 18.0. The number of amides is 2. The second-order valence-corrected chi connectivity index (χ2v) is 12.5. The third kappa shape index (κ3) is 8.11. The molecule has 1 aromatic heterocycles. The fraction of sp³-hybridized carbons (Fsp3) is 0.500. The minimum atomic E-state index is -3.06. The summed E-state index contributed by atoms with van der Waals surface area (Å²) in [5, 5.41) is 2.90. The Morgan fingerprint density at radius 3 is 2.37 bits per heavy atom. The van der Waals surface area contributed by atoms with Crippen LogP contribution in [0, 0.1) is 19.3 Å². The number of nitrogens with zero attached hydrogens (tertiary/aromatic N) is 1. The molecular weight excluding hydrogens is 506 g/mol. The number of hydroxylamine groups is 1. The number of carbonyl (C=O) groups is 3. The van der Waals surface area contributed by atoms with E-state index in [4.69, 9.17) is 4.84 Å². The number of carbonyl (C=O) groups excluding carboxylic acids is 3. The van der Waals surface area contributed by atoms with E-state index in [1.807, 2.05) is 30.3 Å². The van der Waals surface area contributed by atoms with Gasteiger partial charge in [-0.2, -0.15) is 5.48 Å². The van der Waals surface area contributed by atoms with Gasteiger partial charge in [-0.05, 0) is 56.7 Å². The summed E-state index contributed by atoms with van der Waals surface area (Å²) in [6, 6.07) is 9.92. The second-order valence-electron chi connectivity index (χ2n) is 10.2. The van der Waals surface area contributed by atoms with Gasteiger partial charge < -0.3 is 10.2 Å². The topological polar surface area (TPSA) is 132 Å². The van der Waals surface area contributed by atoms with Crippen LogP contribution < -0.4 is 10.8 Å². The van der Waals surface area contributed by atoms with Crippen LogP contribution in [0.3, 0.4) is 0 Å². The number of rotatable bonds is 11. The predicted molar refractivity (Wildman–Crippen MR) is 144 cm³/mol. The number of aryl methyl sites for hydroxylation is 2. The van der Waals surface area contributed by atoms with Crippen molar-refractivity contribution in [1.82, 2.24) is 15.8 Å². The standard InChI is InChI=1S/C28H37N3O6S/c1-20-13-17-29-21(2)24(20)25(32)31-37-26(33)23(19-22-11-5-4-6-12-22)30-27(34)28(14-7-8-15-28)16-9-10-18-38(3,35)36/h4-6,11-13,17,23H,7-10,14-16,18-19H2,1-3H3,(H,30,34)(H,31,32)/t23-/m0/s1. The number of sulfone groups is 1. The van der Waals surface area contributed by atoms with Gasteiger partial charge >= 0.3 is 5.97 Å². The summed E-state index contributed by atoms with van der Waals surface area (Å²) in [6.45, 7) is 3.46. The Morgan fingerprint density at radius 1 is 1.05 bits per heavy atom. The number of unbranched alkanes of at least 4 members (excludes halogenated alkanes) is 1. The number of benzene rings is 1. The highest BCUT2D eigenvalue weighted by molar-refractivity contribution is 7.90. The highest BCUT2D eigenvalue weighted by Crippen LogP contribution is 2.42. The minimum Gasteiger partial charge on any atom is -0.342 e. The zero-order valence-electron chi connectivity index (χ0n) is 22.3. The van der Waals surface area contributed by atoms with Crippen molar-refractivity contribution in [2.24, 2.45) is 5.41 Å². The Balaban J connectivity index is 1.71. The highest BCUT2D eigenvalue weighted by atomic mass is 32.2. The van der Waals surface area contributed by atoms with Crippen LogP contribution in [0.5, 0.6) is 0 Å². The molecule has 0 saturated heterocycles. The molecular formula is C28H37N3O6S. The fourth-order valence-electron chi connectivity index (χ4n) is 5.08. The van der Waals surface area contributed by atoms with Gasteiger partial charge in [0.2, 0.25) is 5.91 Å². The third-order valence-electron chi connectivity index (χ3n) is 7.16. The van der Waals surface area contributed by atoms with E-state index in [0.29, 0.717) is 48.9 Å². The molecule has 3 rings (SSSR count). The first-order valence-corrected chi connectivity index (χ1v) is 15.0. The summed E-state index contributed by atoms with van der Waals surface area (Å²) in [5.41, 5.74) is 3.92. The maximum atomic E-state index is 13.6. The molecule has 0 bridgehead atoms. The van der Waals surface area contributed by atoms with Crippen LogP contribution in [0.15, 0.2) is 42.6 Å². The molecule has 0 spiro atoms. The van der Waals surface area contributed by atoms with Crippen molar-refractivity contribution in [3.05, 3.63) is 65.0 Å². The molecule has 1 aromatic carbocycles. The normalized spacial score (nSPS) is 15.4. The van der Waals surface area contributed by atoms with Gasteiger partial charge in [-0.15, -0.1) is 0 Å². The van der Waals surface area contributed by atoms with Crippen LogP contribution in [0.2, 0.25) is 0 Å². The van der Waals surface area contributed by atoms with Gasteiger partial charge in [-0.25, -0.2) is 13.2 Å². The van der Waals surface area contributed by atoms with Gasteiger partial charge in [0.1, 0.15) is 15.9 Å². The molecule has 1 saturated carbocycles. The van der Waals surface area contributed by atoms with Crippen LogP contribution in [-0.4, -0.2) is 49.2 Å². The second kappa shape index (κ2) is 13.0. The van der Waals surface area contributed by atoms with E-state index >= 15 is 0 Å². The molecule has 2 aromatic rings. The summed E-state index contributed by atoms with van der Waals surface area (Å²) < 4.78 is 23.0. The molecule has 1 heterocycles. The first-order valence-electron chi connectivity index (χ1n) is 13.0. The van der Waals surface area contributed by atoms with E-state index in [9.17, 15) is 22.8 Å². The van der Waals surface area contributed by atoms with Gasteiger partial charge in [-0.1, -0.05) is 49.6 Å². The largest absolute Gasteiger partial charge is 0.354 e. The van der Waals surface area contributed by atoms with Gasteiger partial charge in [0.05, 0.1) is 11.3 Å². The molecule has 1 fully saturated rings. The monoisotopic (exact) mass is 543 g/mol. The summed E-state index contributed by atoms with van der Waals surface area (Å²) >= 11 is 0. The molecule has 2 N–H and O–H groups in total. The summed E-state index contributed by atoms with van der Waals surface area (Å²) in [5.74, 6) is -1.52. The van der Waals surface area contributed by atoms with Crippen LogP contribution in [0.1, 0.15) is 72.1 Å². The van der Waals surface area contributed by atoms with Gasteiger partial charge in [0.15, 0.2) is 0 Å². The van der Waals surface area contributed by atoms with Crippen molar-refractivity contribution in [3.8, 4) is 0 Å². The third-order valence-corrected chi connectivity index (χ3v) is 8.19. The molecule has 0 radical (unpaired) electrons. The van der Waals surface area contributed by atoms with Crippen LogP contribution in [0.25, 0.3) is 0 Å². The highest BCUT2D eigenvalue weighted by Gasteiger charge is 2.42. The summed E-state index contributed by atoms with van der Waals surface area (Å²) in [6.07, 6.45) is 7.80. The summed E-state index contributed by atoms with van der Waals surface area (Å²) in [4.78, 5) is 48.7. The number of nitrogens with one attached hydrogen (secondary N) is 2. The molecule has 0 aliphatic heterocycles. The molecule has 38 heavy (non-hydrogen) atoms. The Kier molecular flexibility index (Phi) is 10.0. The van der Waals surface area contributed by atoms with E-state index < -0.39 is 33.2 Å². The molecule has 0 unspecified atom stereocenters. The van der Waals surface area contributed by atoms with E-state index in [0.717, 1.165) is 18.4 Å². The fourth-order valence-corrected chi connectivity index (χ4v) is 5.81. The number of pyridine rings is 1. The number of hydrogen-bond acceptors (Lipinski definition) is 7. The van der Waals surface area contributed by atoms with E-state index in [2.05, 4.69) is 15.8 Å². The van der Waals surface area contributed by atoms with Crippen molar-refractivity contribution in [1.29, 1.82) is 0 Å². The SMILES string of the molecule is Cc1ccnc(C)c1C(=O)NOC(=O)[C@H](Cc1ccccc1)NC(=O)C1(CCCCS(C)(=O)=O)CCCC1. The van der Waals surface area contributed by atoms with E-state index in [1.165, 1.54) is 6.26 Å². The summed E-state index contributed by atoms with van der Waals surface area (Å²) in [7, 11) is -3.06. The van der Waals surface area contributed by atoms with Crippen molar-refractivity contribution in [3.63, 3.8) is 0 Å². The maximum absolute atomic E-state index is 13.6. The van der Waals surface area contributed by atoms with Crippen molar-refractivity contribution in [2.45, 2.75) is 71.3 Å². The van der Waals surface area contributed by atoms with Gasteiger partial charge in [0.25, 0.3) is 5.91 Å². The predicted octanol–water partition coefficient (Wildman–Crippen LogP) is 3.39. The lowest BCUT2D eigenvalue weighted by atomic mass is 9.80. The number of aromatic nitrogens is 1. The molecule has 1 aliphatic carbocycles. The Bertz CT molecular complexity index is 1220. The Hall–Kier alpha value is -3.27. The van der Waals surface area contributed by atoms with Crippen molar-refractivity contribution >= 4 is 27.6 Å². The average molecular weight is 544 g/mol. The van der Waals surface area contributed by atoms with Crippen LogP contribution >= 0.6 is 0 Å². The number of hydrogen-bond donors (Lipinski definition) is 2. The molecule has 10 heteroatoms. The van der Waals surface area contributed by atoms with Crippen LogP contribution in [0.4, 0.5) is 0 Å².